The molecule has 0 radical (unpaired) electrons. The molecule has 2 amide bonds. The van der Waals surface area contributed by atoms with Gasteiger partial charge in [-0.1, -0.05) is 19.8 Å². The Balaban J connectivity index is 1.90. The van der Waals surface area contributed by atoms with Gasteiger partial charge in [-0.15, -0.1) is 0 Å². The standard InChI is InChI=1S/C20H40N6O3/c1-3-4-5-16(13(2)24-17(6-8-21)18(22)27)25-19(28)14-7-9-26(12-14)20(29)15-10-23-11-15/h13-17,19,23-25,28H,3-12,21H2,1-2H3,(H2,22,27)/t13?,14-,16?,17+,19?/m1/s1. The van der Waals surface area contributed by atoms with Gasteiger partial charge in [0.05, 0.1) is 12.0 Å². The first-order valence-corrected chi connectivity index (χ1v) is 11.1. The SMILES string of the molecule is CCCCC(NC(O)[C@@H]1CCN(C(=O)C2CNC2)C1)C(C)N[C@@H](CCN)C(N)=O. The number of hydrogen-bond donors (Lipinski definition) is 6. The number of nitrogens with zero attached hydrogens (tertiary/aromatic N) is 1. The number of amides is 2. The normalized spacial score (nSPS) is 24.0. The van der Waals surface area contributed by atoms with Gasteiger partial charge in [0.1, 0.15) is 6.23 Å². The quantitative estimate of drug-likeness (QED) is 0.206. The fraction of sp³-hybridized carbons (Fsp3) is 0.900. The van der Waals surface area contributed by atoms with Crippen molar-refractivity contribution in [2.24, 2.45) is 23.3 Å². The van der Waals surface area contributed by atoms with Crippen LogP contribution in [0.5, 0.6) is 0 Å². The molecule has 0 aromatic rings. The first-order chi connectivity index (χ1) is 13.9. The van der Waals surface area contributed by atoms with E-state index >= 15 is 0 Å². The molecule has 0 aliphatic carbocycles. The average Bonchev–Trinajstić information content (AvgIpc) is 3.13. The van der Waals surface area contributed by atoms with Gasteiger partial charge in [-0.3, -0.25) is 14.9 Å². The Morgan fingerprint density at radius 2 is 2.00 bits per heavy atom. The van der Waals surface area contributed by atoms with Gasteiger partial charge in [-0.2, -0.15) is 0 Å². The number of nitrogens with one attached hydrogen (secondary N) is 3. The van der Waals surface area contributed by atoms with Crippen molar-refractivity contribution in [1.29, 1.82) is 0 Å². The van der Waals surface area contributed by atoms with E-state index in [2.05, 4.69) is 22.9 Å². The van der Waals surface area contributed by atoms with Crippen molar-refractivity contribution in [2.45, 2.75) is 70.3 Å². The van der Waals surface area contributed by atoms with Crippen LogP contribution >= 0.6 is 0 Å². The highest BCUT2D eigenvalue weighted by molar-refractivity contribution is 5.80. The summed E-state index contributed by atoms with van der Waals surface area (Å²) >= 11 is 0. The van der Waals surface area contributed by atoms with E-state index < -0.39 is 18.2 Å². The van der Waals surface area contributed by atoms with Gasteiger partial charge in [-0.05, 0) is 32.7 Å². The highest BCUT2D eigenvalue weighted by Crippen LogP contribution is 2.22. The highest BCUT2D eigenvalue weighted by atomic mass is 16.3. The molecule has 0 aromatic heterocycles. The zero-order chi connectivity index (χ0) is 21.4. The maximum atomic E-state index is 12.4. The van der Waals surface area contributed by atoms with E-state index in [1.165, 1.54) is 0 Å². The molecule has 2 aliphatic heterocycles. The van der Waals surface area contributed by atoms with Crippen LogP contribution in [0.25, 0.3) is 0 Å². The number of likely N-dealkylation sites (tertiary alicyclic amines) is 1. The van der Waals surface area contributed by atoms with Crippen LogP contribution < -0.4 is 27.4 Å². The van der Waals surface area contributed by atoms with Crippen LogP contribution in [0, 0.1) is 11.8 Å². The van der Waals surface area contributed by atoms with Crippen LogP contribution in [0.3, 0.4) is 0 Å². The lowest BCUT2D eigenvalue weighted by Gasteiger charge is -2.33. The summed E-state index contributed by atoms with van der Waals surface area (Å²) in [6.07, 6.45) is 3.51. The Morgan fingerprint density at radius 3 is 2.55 bits per heavy atom. The molecule has 8 N–H and O–H groups in total. The number of aliphatic hydroxyl groups excluding tert-OH is 1. The second-order valence-corrected chi connectivity index (χ2v) is 8.54. The van der Waals surface area contributed by atoms with Gasteiger partial charge < -0.3 is 32.1 Å². The predicted octanol–water partition coefficient (Wildman–Crippen LogP) is -1.30. The van der Waals surface area contributed by atoms with Crippen LogP contribution in [0.15, 0.2) is 0 Å². The molecule has 168 valence electrons. The Labute approximate surface area is 174 Å². The number of hydrogen-bond acceptors (Lipinski definition) is 7. The number of rotatable bonds is 13. The lowest BCUT2D eigenvalue weighted by Crippen LogP contribution is -2.56. The number of carbonyl (C=O) groups excluding carboxylic acids is 2. The smallest absolute Gasteiger partial charge is 0.234 e. The van der Waals surface area contributed by atoms with Crippen molar-refractivity contribution in [1.82, 2.24) is 20.9 Å². The number of carbonyl (C=O) groups is 2. The van der Waals surface area contributed by atoms with Crippen LogP contribution in [-0.4, -0.2) is 78.9 Å². The zero-order valence-electron chi connectivity index (χ0n) is 17.9. The Bertz CT molecular complexity index is 530. The third-order valence-electron chi connectivity index (χ3n) is 6.23. The summed E-state index contributed by atoms with van der Waals surface area (Å²) in [5.41, 5.74) is 11.1. The molecule has 3 unspecified atom stereocenters. The van der Waals surface area contributed by atoms with Crippen molar-refractivity contribution in [3.8, 4) is 0 Å². The molecule has 0 aromatic carbocycles. The maximum Gasteiger partial charge on any atom is 0.234 e. The molecule has 0 saturated carbocycles. The third-order valence-corrected chi connectivity index (χ3v) is 6.23. The summed E-state index contributed by atoms with van der Waals surface area (Å²) in [5, 5.41) is 20.6. The molecular weight excluding hydrogens is 372 g/mol. The van der Waals surface area contributed by atoms with Gasteiger partial charge in [0.15, 0.2) is 0 Å². The average molecular weight is 413 g/mol. The number of aliphatic hydroxyl groups is 1. The Morgan fingerprint density at radius 1 is 1.28 bits per heavy atom. The maximum absolute atomic E-state index is 12.4. The molecule has 9 nitrogen and oxygen atoms in total. The topological polar surface area (TPSA) is 146 Å². The van der Waals surface area contributed by atoms with Crippen LogP contribution in [0.2, 0.25) is 0 Å². The molecule has 5 atom stereocenters. The van der Waals surface area contributed by atoms with Gasteiger partial charge in [-0.25, -0.2) is 0 Å². The number of primary amides is 1. The van der Waals surface area contributed by atoms with E-state index in [0.29, 0.717) is 26.1 Å². The molecule has 2 saturated heterocycles. The first kappa shape index (κ1) is 24.0. The molecule has 2 fully saturated rings. The van der Waals surface area contributed by atoms with E-state index in [4.69, 9.17) is 11.5 Å². The highest BCUT2D eigenvalue weighted by Gasteiger charge is 2.37. The van der Waals surface area contributed by atoms with Gasteiger partial charge >= 0.3 is 0 Å². The van der Waals surface area contributed by atoms with Crippen LogP contribution in [0.1, 0.15) is 46.0 Å². The molecule has 29 heavy (non-hydrogen) atoms. The van der Waals surface area contributed by atoms with Crippen LogP contribution in [-0.2, 0) is 9.59 Å². The van der Waals surface area contributed by atoms with Gasteiger partial charge in [0.2, 0.25) is 11.8 Å². The summed E-state index contributed by atoms with van der Waals surface area (Å²) in [6.45, 7) is 7.31. The monoisotopic (exact) mass is 412 g/mol. The lowest BCUT2D eigenvalue weighted by molar-refractivity contribution is -0.136. The number of unbranched alkanes of at least 4 members (excludes halogenated alkanes) is 1. The largest absolute Gasteiger partial charge is 0.378 e. The van der Waals surface area contributed by atoms with E-state index in [9.17, 15) is 14.7 Å². The minimum absolute atomic E-state index is 0.00911. The summed E-state index contributed by atoms with van der Waals surface area (Å²) in [6, 6.07) is -0.542. The summed E-state index contributed by atoms with van der Waals surface area (Å²) in [7, 11) is 0. The second kappa shape index (κ2) is 11.8. The minimum Gasteiger partial charge on any atom is -0.378 e. The molecule has 2 rings (SSSR count). The fourth-order valence-electron chi connectivity index (χ4n) is 4.13. The van der Waals surface area contributed by atoms with Crippen molar-refractivity contribution < 1.29 is 14.7 Å². The first-order valence-electron chi connectivity index (χ1n) is 11.1. The molecular formula is C20H40N6O3. The minimum atomic E-state index is -0.694. The molecule has 0 spiro atoms. The van der Waals surface area contributed by atoms with Crippen molar-refractivity contribution in [2.75, 3.05) is 32.7 Å². The summed E-state index contributed by atoms with van der Waals surface area (Å²) < 4.78 is 0. The van der Waals surface area contributed by atoms with Gasteiger partial charge in [0, 0.05) is 44.2 Å². The summed E-state index contributed by atoms with van der Waals surface area (Å²) in [5.74, 6) is -0.109. The predicted molar refractivity (Wildman–Crippen MR) is 113 cm³/mol. The Hall–Kier alpha value is -1.26. The van der Waals surface area contributed by atoms with E-state index in [0.717, 1.165) is 38.8 Å². The van der Waals surface area contributed by atoms with Crippen molar-refractivity contribution in [3.63, 3.8) is 0 Å². The molecule has 2 heterocycles. The number of nitrogens with two attached hydrogens (primary N) is 2. The summed E-state index contributed by atoms with van der Waals surface area (Å²) in [4.78, 5) is 26.0. The van der Waals surface area contributed by atoms with Crippen molar-refractivity contribution >= 4 is 11.8 Å². The molecule has 2 aliphatic rings. The molecule has 0 bridgehead atoms. The second-order valence-electron chi connectivity index (χ2n) is 8.54. The van der Waals surface area contributed by atoms with Crippen molar-refractivity contribution in [3.05, 3.63) is 0 Å². The van der Waals surface area contributed by atoms with Gasteiger partial charge in [0.25, 0.3) is 0 Å². The molecule has 9 heteroatoms. The fourth-order valence-corrected chi connectivity index (χ4v) is 4.13. The zero-order valence-corrected chi connectivity index (χ0v) is 17.9. The van der Waals surface area contributed by atoms with Crippen LogP contribution in [0.4, 0.5) is 0 Å². The Kier molecular flexibility index (Phi) is 9.78. The van der Waals surface area contributed by atoms with E-state index in [1.54, 1.807) is 0 Å². The third kappa shape index (κ3) is 6.89. The van der Waals surface area contributed by atoms with E-state index in [1.807, 2.05) is 11.8 Å². The lowest BCUT2D eigenvalue weighted by atomic mass is 9.99. The van der Waals surface area contributed by atoms with E-state index in [-0.39, 0.29) is 29.8 Å².